The van der Waals surface area contributed by atoms with Crippen LogP contribution in [0.4, 0.5) is 0 Å². The molecule has 8 nitrogen and oxygen atoms in total. The maximum Gasteiger partial charge on any atom is 0.253 e. The summed E-state index contributed by atoms with van der Waals surface area (Å²) in [4.78, 5) is 14.4. The minimum atomic E-state index is -3.68. The number of sulfonamides is 1. The molecule has 2 heterocycles. The van der Waals surface area contributed by atoms with Gasteiger partial charge in [-0.05, 0) is 36.2 Å². The van der Waals surface area contributed by atoms with Crippen molar-refractivity contribution in [3.05, 3.63) is 65.7 Å². The molecule has 0 N–H and O–H groups in total. The third-order valence-electron chi connectivity index (χ3n) is 5.85. The summed E-state index contributed by atoms with van der Waals surface area (Å²) in [7, 11) is -6.96. The predicted molar refractivity (Wildman–Crippen MR) is 121 cm³/mol. The average molecular weight is 479 g/mol. The molecule has 10 heteroatoms. The molecule has 1 unspecified atom stereocenters. The number of ether oxygens (including phenoxy) is 1. The summed E-state index contributed by atoms with van der Waals surface area (Å²) in [6.07, 6.45) is 0.141. The summed E-state index contributed by atoms with van der Waals surface area (Å²) < 4.78 is 55.9. The lowest BCUT2D eigenvalue weighted by Crippen LogP contribution is -2.52. The van der Waals surface area contributed by atoms with Crippen LogP contribution < -0.4 is 4.74 Å². The van der Waals surface area contributed by atoms with E-state index in [1.165, 1.54) is 4.31 Å². The average Bonchev–Trinajstić information content (AvgIpc) is 3.19. The summed E-state index contributed by atoms with van der Waals surface area (Å²) in [6, 6.07) is 16.7. The largest absolute Gasteiger partial charge is 0.489 e. The van der Waals surface area contributed by atoms with E-state index >= 15 is 0 Å². The van der Waals surface area contributed by atoms with Gasteiger partial charge < -0.3 is 9.64 Å². The van der Waals surface area contributed by atoms with Crippen LogP contribution in [0.5, 0.6) is 5.75 Å². The van der Waals surface area contributed by atoms with Crippen molar-refractivity contribution >= 4 is 25.8 Å². The van der Waals surface area contributed by atoms with E-state index in [0.29, 0.717) is 17.9 Å². The van der Waals surface area contributed by atoms with E-state index in [1.807, 2.05) is 30.3 Å². The highest BCUT2D eigenvalue weighted by Crippen LogP contribution is 2.24. The number of rotatable bonds is 6. The Bertz CT molecular complexity index is 1160. The number of piperazine rings is 1. The zero-order valence-electron chi connectivity index (χ0n) is 17.6. The monoisotopic (exact) mass is 478 g/mol. The lowest BCUT2D eigenvalue weighted by molar-refractivity contribution is 0.0697. The maximum absolute atomic E-state index is 12.8. The molecule has 0 bridgehead atoms. The van der Waals surface area contributed by atoms with E-state index in [0.717, 1.165) is 5.56 Å². The fraction of sp³-hybridized carbons (Fsp3) is 0.409. The number of hydrogen-bond acceptors (Lipinski definition) is 6. The van der Waals surface area contributed by atoms with Gasteiger partial charge in [0.05, 0.1) is 16.8 Å². The third kappa shape index (κ3) is 5.13. The van der Waals surface area contributed by atoms with Crippen molar-refractivity contribution in [1.82, 2.24) is 9.21 Å². The second-order valence-corrected chi connectivity index (χ2v) is 12.5. The molecule has 0 spiro atoms. The van der Waals surface area contributed by atoms with Gasteiger partial charge in [-0.2, -0.15) is 4.31 Å². The van der Waals surface area contributed by atoms with Crippen molar-refractivity contribution in [2.45, 2.75) is 18.3 Å². The van der Waals surface area contributed by atoms with Crippen LogP contribution >= 0.6 is 0 Å². The van der Waals surface area contributed by atoms with Crippen LogP contribution in [0.3, 0.4) is 0 Å². The van der Waals surface area contributed by atoms with Crippen molar-refractivity contribution in [2.24, 2.45) is 0 Å². The molecule has 0 radical (unpaired) electrons. The van der Waals surface area contributed by atoms with Gasteiger partial charge in [0.2, 0.25) is 10.0 Å². The molecule has 2 aromatic rings. The molecule has 2 aromatic carbocycles. The first-order valence-corrected chi connectivity index (χ1v) is 13.8. The minimum absolute atomic E-state index is 0.0829. The van der Waals surface area contributed by atoms with Gasteiger partial charge in [0.25, 0.3) is 5.91 Å². The SMILES string of the molecule is O=C(c1ccc(OCc2ccccc2)cc1)N1CCN(S(=O)(=O)C2CCS(=O)(=O)C2)CC1. The molecule has 4 rings (SSSR count). The van der Waals surface area contributed by atoms with E-state index in [1.54, 1.807) is 29.2 Å². The summed E-state index contributed by atoms with van der Waals surface area (Å²) in [5, 5.41) is -0.877. The Labute approximate surface area is 188 Å². The lowest BCUT2D eigenvalue weighted by Gasteiger charge is -2.35. The van der Waals surface area contributed by atoms with Crippen LogP contribution in [0.15, 0.2) is 54.6 Å². The zero-order valence-corrected chi connectivity index (χ0v) is 19.2. The fourth-order valence-corrected chi connectivity index (χ4v) is 8.48. The van der Waals surface area contributed by atoms with Crippen molar-refractivity contribution in [3.8, 4) is 5.75 Å². The molecule has 32 heavy (non-hydrogen) atoms. The highest BCUT2D eigenvalue weighted by atomic mass is 32.2. The van der Waals surface area contributed by atoms with Gasteiger partial charge in [0, 0.05) is 31.7 Å². The van der Waals surface area contributed by atoms with Crippen LogP contribution in [0.25, 0.3) is 0 Å². The Balaban J connectivity index is 1.31. The molecule has 0 aliphatic carbocycles. The number of amides is 1. The van der Waals surface area contributed by atoms with E-state index in [4.69, 9.17) is 4.74 Å². The molecule has 172 valence electrons. The van der Waals surface area contributed by atoms with Gasteiger partial charge >= 0.3 is 0 Å². The second kappa shape index (κ2) is 9.21. The van der Waals surface area contributed by atoms with Crippen LogP contribution in [0.2, 0.25) is 0 Å². The molecule has 0 saturated carbocycles. The van der Waals surface area contributed by atoms with Crippen molar-refractivity contribution in [2.75, 3.05) is 37.7 Å². The Morgan fingerprint density at radius 1 is 0.969 bits per heavy atom. The number of hydrogen-bond donors (Lipinski definition) is 0. The van der Waals surface area contributed by atoms with Gasteiger partial charge in [-0.15, -0.1) is 0 Å². The lowest BCUT2D eigenvalue weighted by atomic mass is 10.1. The Morgan fingerprint density at radius 3 is 2.22 bits per heavy atom. The Morgan fingerprint density at radius 2 is 1.62 bits per heavy atom. The summed E-state index contributed by atoms with van der Waals surface area (Å²) in [5.74, 6) is 0.0982. The van der Waals surface area contributed by atoms with Crippen molar-refractivity contribution in [1.29, 1.82) is 0 Å². The number of carbonyl (C=O) groups excluding carboxylic acids is 1. The van der Waals surface area contributed by atoms with Crippen LogP contribution in [0, 0.1) is 0 Å². The molecule has 2 fully saturated rings. The maximum atomic E-state index is 12.8. The molecule has 2 aliphatic heterocycles. The van der Waals surface area contributed by atoms with Gasteiger partial charge in [-0.1, -0.05) is 30.3 Å². The first-order valence-electron chi connectivity index (χ1n) is 10.5. The highest BCUT2D eigenvalue weighted by molar-refractivity contribution is 7.95. The van der Waals surface area contributed by atoms with Gasteiger partial charge in [0.1, 0.15) is 12.4 Å². The molecule has 2 saturated heterocycles. The van der Waals surface area contributed by atoms with E-state index < -0.39 is 25.1 Å². The topological polar surface area (TPSA) is 101 Å². The number of benzene rings is 2. The second-order valence-electron chi connectivity index (χ2n) is 8.06. The van der Waals surface area contributed by atoms with Gasteiger partial charge in [-0.25, -0.2) is 16.8 Å². The molecule has 2 aliphatic rings. The first-order chi connectivity index (χ1) is 15.2. The van der Waals surface area contributed by atoms with Crippen molar-refractivity contribution < 1.29 is 26.4 Å². The van der Waals surface area contributed by atoms with Gasteiger partial charge in [-0.3, -0.25) is 4.79 Å². The smallest absolute Gasteiger partial charge is 0.253 e. The summed E-state index contributed by atoms with van der Waals surface area (Å²) >= 11 is 0. The fourth-order valence-electron chi connectivity index (χ4n) is 3.97. The number of nitrogens with zero attached hydrogens (tertiary/aromatic N) is 2. The number of sulfone groups is 1. The third-order valence-corrected chi connectivity index (χ3v) is 10.2. The summed E-state index contributed by atoms with van der Waals surface area (Å²) in [6.45, 7) is 1.31. The minimum Gasteiger partial charge on any atom is -0.489 e. The Hall–Kier alpha value is -2.43. The van der Waals surface area contributed by atoms with Crippen molar-refractivity contribution in [3.63, 3.8) is 0 Å². The van der Waals surface area contributed by atoms with E-state index in [9.17, 15) is 21.6 Å². The number of carbonyl (C=O) groups is 1. The molecule has 0 aromatic heterocycles. The van der Waals surface area contributed by atoms with E-state index in [-0.39, 0.29) is 50.0 Å². The quantitative estimate of drug-likeness (QED) is 0.624. The normalized spacial score (nSPS) is 21.4. The molecule has 1 atom stereocenters. The summed E-state index contributed by atoms with van der Waals surface area (Å²) in [5.41, 5.74) is 1.56. The zero-order chi connectivity index (χ0) is 22.8. The van der Waals surface area contributed by atoms with Gasteiger partial charge in [0.15, 0.2) is 9.84 Å². The predicted octanol–water partition coefficient (Wildman–Crippen LogP) is 1.54. The molecular weight excluding hydrogens is 452 g/mol. The standard InChI is InChI=1S/C22H26N2O6S2/c25-22(19-6-8-20(9-7-19)30-16-18-4-2-1-3-5-18)23-11-13-24(14-12-23)32(28,29)21-10-15-31(26,27)17-21/h1-9,21H,10-17H2. The highest BCUT2D eigenvalue weighted by Gasteiger charge is 2.41. The van der Waals surface area contributed by atoms with Crippen LogP contribution in [-0.4, -0.2) is 74.9 Å². The van der Waals surface area contributed by atoms with Crippen LogP contribution in [0.1, 0.15) is 22.3 Å². The van der Waals surface area contributed by atoms with Crippen LogP contribution in [-0.2, 0) is 26.5 Å². The van der Waals surface area contributed by atoms with E-state index in [2.05, 4.69) is 0 Å². The first kappa shape index (κ1) is 22.8. The molecule has 1 amide bonds. The Kier molecular flexibility index (Phi) is 6.55. The molecular formula is C22H26N2O6S2.